The first kappa shape index (κ1) is 13.5. The van der Waals surface area contributed by atoms with Crippen molar-refractivity contribution in [2.45, 2.75) is 32.2 Å². The number of nitrogens with one attached hydrogen (secondary N) is 1. The maximum Gasteiger partial charge on any atom is 0.161 e. The van der Waals surface area contributed by atoms with Crippen molar-refractivity contribution in [3.63, 3.8) is 0 Å². The van der Waals surface area contributed by atoms with E-state index in [1.54, 1.807) is 0 Å². The summed E-state index contributed by atoms with van der Waals surface area (Å²) in [7, 11) is 0. The molecule has 1 heterocycles. The highest BCUT2D eigenvalue weighted by Crippen LogP contribution is 2.22. The molecule has 2 rings (SSSR count). The highest BCUT2D eigenvalue weighted by atomic mass is 16.4. The number of benzene rings is 1. The maximum atomic E-state index is 8.61. The van der Waals surface area contributed by atoms with Crippen molar-refractivity contribution in [3.8, 4) is 0 Å². The Balaban J connectivity index is 1.98. The van der Waals surface area contributed by atoms with Crippen LogP contribution < -0.4 is 16.0 Å². The Morgan fingerprint density at radius 3 is 2.47 bits per heavy atom. The summed E-state index contributed by atoms with van der Waals surface area (Å²) in [5.74, 6) is 0.181. The normalized spacial score (nSPS) is 18.2. The Hall–Kier alpha value is -1.91. The van der Waals surface area contributed by atoms with Gasteiger partial charge < -0.3 is 21.2 Å². The molecule has 0 aromatic heterocycles. The van der Waals surface area contributed by atoms with E-state index in [0.29, 0.717) is 0 Å². The van der Waals surface area contributed by atoms with E-state index in [9.17, 15) is 0 Å². The average molecular weight is 262 g/mol. The Bertz CT molecular complexity index is 424. The van der Waals surface area contributed by atoms with Crippen molar-refractivity contribution in [1.82, 2.24) is 0 Å². The summed E-state index contributed by atoms with van der Waals surface area (Å²) < 4.78 is 0. The molecule has 0 spiro atoms. The standard InChI is InChI=1S/C14H22N4O/c1-11(14(15)17-19)16-12-5-7-13(8-6-12)18-9-3-2-4-10-18/h5-8,11,16,19H,2-4,9-10H2,1H3,(H2,15,17). The Morgan fingerprint density at radius 1 is 1.26 bits per heavy atom. The van der Waals surface area contributed by atoms with Crippen LogP contribution in [0, 0.1) is 0 Å². The molecule has 1 aliphatic heterocycles. The molecule has 1 unspecified atom stereocenters. The molecule has 1 aromatic carbocycles. The molecule has 0 aliphatic carbocycles. The number of nitrogens with zero attached hydrogens (tertiary/aromatic N) is 2. The second-order valence-electron chi connectivity index (χ2n) is 4.99. The number of rotatable bonds is 4. The summed E-state index contributed by atoms with van der Waals surface area (Å²) >= 11 is 0. The Morgan fingerprint density at radius 2 is 1.89 bits per heavy atom. The van der Waals surface area contributed by atoms with Crippen LogP contribution in [0.1, 0.15) is 26.2 Å². The lowest BCUT2D eigenvalue weighted by atomic mass is 10.1. The van der Waals surface area contributed by atoms with Gasteiger partial charge in [0.25, 0.3) is 0 Å². The molecule has 0 bridgehead atoms. The van der Waals surface area contributed by atoms with Crippen molar-refractivity contribution in [1.29, 1.82) is 0 Å². The fourth-order valence-electron chi connectivity index (χ4n) is 2.33. The third-order valence-corrected chi connectivity index (χ3v) is 3.53. The van der Waals surface area contributed by atoms with Crippen LogP contribution in [0.15, 0.2) is 29.4 Å². The van der Waals surface area contributed by atoms with Crippen LogP contribution in [0.5, 0.6) is 0 Å². The lowest BCUT2D eigenvalue weighted by Crippen LogP contribution is -2.33. The molecule has 0 amide bonds. The molecule has 0 saturated carbocycles. The smallest absolute Gasteiger partial charge is 0.161 e. The van der Waals surface area contributed by atoms with Crippen LogP contribution in [0.25, 0.3) is 0 Å². The molecule has 5 heteroatoms. The number of nitrogens with two attached hydrogens (primary N) is 1. The molecular formula is C14H22N4O. The molecular weight excluding hydrogens is 240 g/mol. The van der Waals surface area contributed by atoms with Crippen LogP contribution >= 0.6 is 0 Å². The van der Waals surface area contributed by atoms with Gasteiger partial charge in [0, 0.05) is 24.5 Å². The van der Waals surface area contributed by atoms with E-state index in [0.717, 1.165) is 18.8 Å². The SMILES string of the molecule is CC(Nc1ccc(N2CCCCC2)cc1)C(N)=NO. The Labute approximate surface area is 114 Å². The summed E-state index contributed by atoms with van der Waals surface area (Å²) in [6.45, 7) is 4.15. The number of amidine groups is 1. The van der Waals surface area contributed by atoms with Crippen molar-refractivity contribution in [3.05, 3.63) is 24.3 Å². The number of anilines is 2. The minimum absolute atomic E-state index is 0.181. The summed E-state index contributed by atoms with van der Waals surface area (Å²) in [5, 5.41) is 14.8. The molecule has 1 fully saturated rings. The summed E-state index contributed by atoms with van der Waals surface area (Å²) in [6, 6.07) is 8.11. The van der Waals surface area contributed by atoms with E-state index in [-0.39, 0.29) is 11.9 Å². The number of piperidine rings is 1. The maximum absolute atomic E-state index is 8.61. The van der Waals surface area contributed by atoms with E-state index >= 15 is 0 Å². The lowest BCUT2D eigenvalue weighted by Gasteiger charge is -2.29. The third-order valence-electron chi connectivity index (χ3n) is 3.53. The van der Waals surface area contributed by atoms with Crippen molar-refractivity contribution in [2.75, 3.05) is 23.3 Å². The topological polar surface area (TPSA) is 73.9 Å². The molecule has 1 aliphatic rings. The minimum Gasteiger partial charge on any atom is -0.409 e. The van der Waals surface area contributed by atoms with E-state index in [4.69, 9.17) is 10.9 Å². The van der Waals surface area contributed by atoms with Gasteiger partial charge in [-0.1, -0.05) is 5.16 Å². The molecule has 19 heavy (non-hydrogen) atoms. The summed E-state index contributed by atoms with van der Waals surface area (Å²) in [5.41, 5.74) is 7.78. The minimum atomic E-state index is -0.189. The van der Waals surface area contributed by atoms with Crippen molar-refractivity contribution < 1.29 is 5.21 Å². The van der Waals surface area contributed by atoms with E-state index in [1.165, 1.54) is 24.9 Å². The van der Waals surface area contributed by atoms with E-state index < -0.39 is 0 Å². The molecule has 0 radical (unpaired) electrons. The van der Waals surface area contributed by atoms with Gasteiger partial charge in [0.15, 0.2) is 5.84 Å². The second-order valence-corrected chi connectivity index (χ2v) is 4.99. The van der Waals surface area contributed by atoms with Crippen molar-refractivity contribution in [2.24, 2.45) is 10.9 Å². The van der Waals surface area contributed by atoms with Gasteiger partial charge in [0.05, 0.1) is 6.04 Å². The fourth-order valence-corrected chi connectivity index (χ4v) is 2.33. The Kier molecular flexibility index (Phi) is 4.49. The molecule has 5 nitrogen and oxygen atoms in total. The predicted octanol–water partition coefficient (Wildman–Crippen LogP) is 2.22. The molecule has 1 saturated heterocycles. The van der Waals surface area contributed by atoms with Crippen molar-refractivity contribution >= 4 is 17.2 Å². The summed E-state index contributed by atoms with van der Waals surface area (Å²) in [6.07, 6.45) is 3.90. The molecule has 1 aromatic rings. The largest absolute Gasteiger partial charge is 0.409 e. The molecule has 1 atom stereocenters. The number of hydrogen-bond acceptors (Lipinski definition) is 4. The van der Waals surface area contributed by atoms with Gasteiger partial charge in [-0.25, -0.2) is 0 Å². The zero-order chi connectivity index (χ0) is 13.7. The van der Waals surface area contributed by atoms with E-state index in [2.05, 4.69) is 27.5 Å². The monoisotopic (exact) mass is 262 g/mol. The highest BCUT2D eigenvalue weighted by molar-refractivity contribution is 5.87. The van der Waals surface area contributed by atoms with Crippen LogP contribution in [0.4, 0.5) is 11.4 Å². The first-order valence-corrected chi connectivity index (χ1v) is 6.79. The quantitative estimate of drug-likeness (QED) is 0.337. The van der Waals surface area contributed by atoms with Gasteiger partial charge in [-0.2, -0.15) is 0 Å². The first-order valence-electron chi connectivity index (χ1n) is 6.79. The third kappa shape index (κ3) is 3.53. The predicted molar refractivity (Wildman–Crippen MR) is 79.0 cm³/mol. The van der Waals surface area contributed by atoms with Gasteiger partial charge in [-0.15, -0.1) is 0 Å². The molecule has 104 valence electrons. The van der Waals surface area contributed by atoms with E-state index in [1.807, 2.05) is 19.1 Å². The molecule has 4 N–H and O–H groups in total. The van der Waals surface area contributed by atoms with Crippen LogP contribution in [0.2, 0.25) is 0 Å². The zero-order valence-electron chi connectivity index (χ0n) is 11.3. The second kappa shape index (κ2) is 6.31. The lowest BCUT2D eigenvalue weighted by molar-refractivity contribution is 0.316. The highest BCUT2D eigenvalue weighted by Gasteiger charge is 2.11. The van der Waals surface area contributed by atoms with Gasteiger partial charge in [-0.05, 0) is 50.5 Å². The number of oxime groups is 1. The van der Waals surface area contributed by atoms with Gasteiger partial charge in [0.1, 0.15) is 0 Å². The van der Waals surface area contributed by atoms with Crippen LogP contribution in [-0.4, -0.2) is 30.2 Å². The van der Waals surface area contributed by atoms with Gasteiger partial charge in [-0.3, -0.25) is 0 Å². The number of hydrogen-bond donors (Lipinski definition) is 3. The van der Waals surface area contributed by atoms with Crippen LogP contribution in [-0.2, 0) is 0 Å². The summed E-state index contributed by atoms with van der Waals surface area (Å²) in [4.78, 5) is 2.42. The van der Waals surface area contributed by atoms with Crippen LogP contribution in [0.3, 0.4) is 0 Å². The average Bonchev–Trinajstić information content (AvgIpc) is 2.48. The van der Waals surface area contributed by atoms with Gasteiger partial charge in [0.2, 0.25) is 0 Å². The first-order chi connectivity index (χ1) is 9.20. The van der Waals surface area contributed by atoms with Gasteiger partial charge >= 0.3 is 0 Å². The fraction of sp³-hybridized carbons (Fsp3) is 0.500. The zero-order valence-corrected chi connectivity index (χ0v) is 11.3.